The summed E-state index contributed by atoms with van der Waals surface area (Å²) in [6, 6.07) is 0. The van der Waals surface area contributed by atoms with Gasteiger partial charge in [0.05, 0.1) is 0 Å². The van der Waals surface area contributed by atoms with Crippen LogP contribution in [-0.2, 0) is 11.3 Å². The van der Waals surface area contributed by atoms with Crippen molar-refractivity contribution in [1.29, 1.82) is 0 Å². The fourth-order valence-electron chi connectivity index (χ4n) is 1.59. The number of nitrogens with zero attached hydrogens (tertiary/aromatic N) is 1. The lowest BCUT2D eigenvalue weighted by molar-refractivity contribution is 0.141. The van der Waals surface area contributed by atoms with Crippen molar-refractivity contribution in [3.05, 3.63) is 16.7 Å². The van der Waals surface area contributed by atoms with Crippen molar-refractivity contribution < 1.29 is 4.74 Å². The molecule has 0 fully saturated rings. The molecule has 0 aliphatic heterocycles. The van der Waals surface area contributed by atoms with Crippen molar-refractivity contribution >= 4 is 12.2 Å². The average Bonchev–Trinajstić information content (AvgIpc) is 2.55. The molecule has 0 saturated carbocycles. The second-order valence-corrected chi connectivity index (χ2v) is 4.26. The molecule has 0 saturated heterocycles. The van der Waals surface area contributed by atoms with Gasteiger partial charge >= 0.3 is 0 Å². The van der Waals surface area contributed by atoms with Crippen LogP contribution in [0.15, 0.2) is 6.20 Å². The van der Waals surface area contributed by atoms with Gasteiger partial charge in [-0.15, -0.1) is 0 Å². The molecule has 1 aromatic heterocycles. The molecule has 0 spiro atoms. The fourth-order valence-corrected chi connectivity index (χ4v) is 1.84. The van der Waals surface area contributed by atoms with Gasteiger partial charge in [-0.3, -0.25) is 0 Å². The van der Waals surface area contributed by atoms with Gasteiger partial charge in [0.1, 0.15) is 0 Å². The molecule has 0 unspecified atom stereocenters. The van der Waals surface area contributed by atoms with Gasteiger partial charge in [0.15, 0.2) is 4.77 Å². The standard InChI is InChI=1S/C11H20N2OS/c1-4-14-7-5-6-13-10(9(2)3)8-12-11(13)15/h8-9H,4-7H2,1-3H3,(H,12,15). The molecule has 0 aliphatic rings. The Kier molecular flexibility index (Phi) is 5.05. The summed E-state index contributed by atoms with van der Waals surface area (Å²) < 4.78 is 8.30. The molecule has 1 aromatic rings. The molecule has 4 heteroatoms. The summed E-state index contributed by atoms with van der Waals surface area (Å²) in [6.45, 7) is 8.90. The van der Waals surface area contributed by atoms with Gasteiger partial charge in [-0.2, -0.15) is 0 Å². The number of hydrogen-bond acceptors (Lipinski definition) is 2. The highest BCUT2D eigenvalue weighted by atomic mass is 32.1. The van der Waals surface area contributed by atoms with Crippen molar-refractivity contribution in [3.63, 3.8) is 0 Å². The number of imidazole rings is 1. The quantitative estimate of drug-likeness (QED) is 0.599. The molecule has 0 aliphatic carbocycles. The van der Waals surface area contributed by atoms with Crippen LogP contribution < -0.4 is 0 Å². The van der Waals surface area contributed by atoms with Gasteiger partial charge in [-0.05, 0) is 31.5 Å². The number of aromatic amines is 1. The molecule has 0 atom stereocenters. The third-order valence-electron chi connectivity index (χ3n) is 2.37. The summed E-state index contributed by atoms with van der Waals surface area (Å²) in [5, 5.41) is 0. The zero-order valence-corrected chi connectivity index (χ0v) is 10.6. The number of aromatic nitrogens is 2. The van der Waals surface area contributed by atoms with Crippen LogP contribution >= 0.6 is 12.2 Å². The average molecular weight is 228 g/mol. The SMILES string of the molecule is CCOCCCn1c(C(C)C)c[nH]c1=S. The molecule has 1 N–H and O–H groups in total. The summed E-state index contributed by atoms with van der Waals surface area (Å²) >= 11 is 5.24. The van der Waals surface area contributed by atoms with E-state index in [4.69, 9.17) is 17.0 Å². The highest BCUT2D eigenvalue weighted by Crippen LogP contribution is 2.14. The first-order valence-corrected chi connectivity index (χ1v) is 5.93. The third kappa shape index (κ3) is 3.47. The lowest BCUT2D eigenvalue weighted by Crippen LogP contribution is -2.07. The Morgan fingerprint density at radius 3 is 2.87 bits per heavy atom. The predicted octanol–water partition coefficient (Wildman–Crippen LogP) is 3.10. The maximum Gasteiger partial charge on any atom is 0.177 e. The van der Waals surface area contributed by atoms with E-state index < -0.39 is 0 Å². The van der Waals surface area contributed by atoms with Crippen LogP contribution in [0.3, 0.4) is 0 Å². The van der Waals surface area contributed by atoms with E-state index in [9.17, 15) is 0 Å². The Hall–Kier alpha value is -0.610. The Morgan fingerprint density at radius 2 is 2.27 bits per heavy atom. The van der Waals surface area contributed by atoms with Crippen molar-refractivity contribution in [2.75, 3.05) is 13.2 Å². The molecule has 0 aromatic carbocycles. The lowest BCUT2D eigenvalue weighted by atomic mass is 10.1. The third-order valence-corrected chi connectivity index (χ3v) is 2.70. The first-order chi connectivity index (χ1) is 7.16. The number of ether oxygens (including phenoxy) is 1. The maximum atomic E-state index is 5.31. The van der Waals surface area contributed by atoms with Crippen LogP contribution in [-0.4, -0.2) is 22.8 Å². The second-order valence-electron chi connectivity index (χ2n) is 3.88. The van der Waals surface area contributed by atoms with Crippen LogP contribution in [0.5, 0.6) is 0 Å². The summed E-state index contributed by atoms with van der Waals surface area (Å²) in [5.74, 6) is 0.505. The van der Waals surface area contributed by atoms with Gasteiger partial charge in [0.25, 0.3) is 0 Å². The topological polar surface area (TPSA) is 29.9 Å². The van der Waals surface area contributed by atoms with E-state index in [1.165, 1.54) is 5.69 Å². The van der Waals surface area contributed by atoms with E-state index >= 15 is 0 Å². The Labute approximate surface area is 96.5 Å². The minimum atomic E-state index is 0.505. The maximum absolute atomic E-state index is 5.31. The van der Waals surface area contributed by atoms with Crippen LogP contribution in [0.2, 0.25) is 0 Å². The normalized spacial score (nSPS) is 11.2. The zero-order chi connectivity index (χ0) is 11.3. The summed E-state index contributed by atoms with van der Waals surface area (Å²) in [7, 11) is 0. The number of rotatable bonds is 6. The number of H-pyrrole nitrogens is 1. The minimum absolute atomic E-state index is 0.505. The van der Waals surface area contributed by atoms with Gasteiger partial charge in [-0.25, -0.2) is 0 Å². The van der Waals surface area contributed by atoms with Crippen molar-refractivity contribution in [1.82, 2.24) is 9.55 Å². The van der Waals surface area contributed by atoms with Crippen molar-refractivity contribution in [3.8, 4) is 0 Å². The Morgan fingerprint density at radius 1 is 1.53 bits per heavy atom. The zero-order valence-electron chi connectivity index (χ0n) is 9.75. The van der Waals surface area contributed by atoms with E-state index in [2.05, 4.69) is 23.4 Å². The molecule has 86 valence electrons. The molecule has 0 bridgehead atoms. The molecule has 15 heavy (non-hydrogen) atoms. The Bertz CT molecular complexity index is 341. The van der Waals surface area contributed by atoms with Gasteiger partial charge < -0.3 is 14.3 Å². The number of hydrogen-bond donors (Lipinski definition) is 1. The van der Waals surface area contributed by atoms with Crippen molar-refractivity contribution in [2.45, 2.75) is 39.7 Å². The van der Waals surface area contributed by atoms with E-state index in [0.29, 0.717) is 5.92 Å². The van der Waals surface area contributed by atoms with E-state index in [1.807, 2.05) is 13.1 Å². The molecule has 3 nitrogen and oxygen atoms in total. The van der Waals surface area contributed by atoms with Gasteiger partial charge in [0, 0.05) is 31.6 Å². The smallest absolute Gasteiger partial charge is 0.177 e. The summed E-state index contributed by atoms with van der Waals surface area (Å²) in [5.41, 5.74) is 1.27. The van der Waals surface area contributed by atoms with Crippen LogP contribution in [0.25, 0.3) is 0 Å². The predicted molar refractivity (Wildman–Crippen MR) is 64.8 cm³/mol. The molecule has 1 heterocycles. The highest BCUT2D eigenvalue weighted by molar-refractivity contribution is 7.71. The summed E-state index contributed by atoms with van der Waals surface area (Å²) in [6.07, 6.45) is 3.02. The first-order valence-electron chi connectivity index (χ1n) is 5.52. The second kappa shape index (κ2) is 6.08. The van der Waals surface area contributed by atoms with Crippen molar-refractivity contribution in [2.24, 2.45) is 0 Å². The molecule has 1 rings (SSSR count). The monoisotopic (exact) mass is 228 g/mol. The Balaban J connectivity index is 2.59. The molecular weight excluding hydrogens is 208 g/mol. The van der Waals surface area contributed by atoms with E-state index in [-0.39, 0.29) is 0 Å². The molecule has 0 radical (unpaired) electrons. The first kappa shape index (κ1) is 12.5. The fraction of sp³-hybridized carbons (Fsp3) is 0.727. The van der Waals surface area contributed by atoms with E-state index in [1.54, 1.807) is 0 Å². The van der Waals surface area contributed by atoms with Crippen LogP contribution in [0.4, 0.5) is 0 Å². The van der Waals surface area contributed by atoms with Crippen LogP contribution in [0.1, 0.15) is 38.8 Å². The van der Waals surface area contributed by atoms with Crippen LogP contribution in [0, 0.1) is 4.77 Å². The lowest BCUT2D eigenvalue weighted by Gasteiger charge is -2.10. The number of nitrogens with one attached hydrogen (secondary N) is 1. The van der Waals surface area contributed by atoms with Gasteiger partial charge in [0.2, 0.25) is 0 Å². The summed E-state index contributed by atoms with van der Waals surface area (Å²) in [4.78, 5) is 3.10. The largest absolute Gasteiger partial charge is 0.382 e. The van der Waals surface area contributed by atoms with Gasteiger partial charge in [-0.1, -0.05) is 13.8 Å². The molecular formula is C11H20N2OS. The molecule has 0 amide bonds. The highest BCUT2D eigenvalue weighted by Gasteiger charge is 2.06. The van der Waals surface area contributed by atoms with E-state index in [0.717, 1.165) is 31.0 Å². The minimum Gasteiger partial charge on any atom is -0.382 e.